The Kier molecular flexibility index (Phi) is 6.65. The molecule has 0 bridgehead atoms. The van der Waals surface area contributed by atoms with E-state index in [1.807, 2.05) is 6.92 Å². The number of halogens is 2. The van der Waals surface area contributed by atoms with Crippen molar-refractivity contribution in [3.05, 3.63) is 47.4 Å². The number of aromatic nitrogens is 2. The molecule has 0 saturated carbocycles. The van der Waals surface area contributed by atoms with E-state index < -0.39 is 23.2 Å². The Morgan fingerprint density at radius 3 is 2.87 bits per heavy atom. The Bertz CT molecular complexity index is 926. The van der Waals surface area contributed by atoms with Crippen molar-refractivity contribution in [1.82, 2.24) is 14.9 Å². The molecule has 2 aromatic rings. The van der Waals surface area contributed by atoms with Crippen LogP contribution in [0.4, 0.5) is 14.6 Å². The van der Waals surface area contributed by atoms with Gasteiger partial charge in [0.2, 0.25) is 5.91 Å². The number of carbonyl (C=O) groups is 2. The number of benzene rings is 1. The highest BCUT2D eigenvalue weighted by Crippen LogP contribution is 2.26. The predicted molar refractivity (Wildman–Crippen MR) is 110 cm³/mol. The fraction of sp³-hybridized carbons (Fsp3) is 0.500. The third kappa shape index (κ3) is 4.92. The minimum absolute atomic E-state index is 0.0775. The van der Waals surface area contributed by atoms with Crippen LogP contribution in [-0.2, 0) is 28.0 Å². The zero-order valence-electron chi connectivity index (χ0n) is 17.5. The number of carbonyl (C=O) groups excluding carboxylic acids is 2. The minimum Gasteiger partial charge on any atom is -0.323 e. The number of anilines is 1. The highest BCUT2D eigenvalue weighted by atomic mass is 19.1. The summed E-state index contributed by atoms with van der Waals surface area (Å²) in [5.41, 5.74) is 0.465. The van der Waals surface area contributed by atoms with Gasteiger partial charge in [-0.3, -0.25) is 4.79 Å². The summed E-state index contributed by atoms with van der Waals surface area (Å²) in [6, 6.07) is 1.76. The predicted octanol–water partition coefficient (Wildman–Crippen LogP) is 3.35. The molecule has 1 amide bonds. The van der Waals surface area contributed by atoms with E-state index >= 15 is 0 Å². The van der Waals surface area contributed by atoms with Crippen molar-refractivity contribution in [2.24, 2.45) is 0 Å². The third-order valence-corrected chi connectivity index (χ3v) is 5.58. The van der Waals surface area contributed by atoms with Crippen LogP contribution in [0.3, 0.4) is 0 Å². The number of amides is 1. The lowest BCUT2D eigenvalue weighted by molar-refractivity contribution is -0.118. The Labute approximate surface area is 175 Å². The molecule has 1 aliphatic rings. The van der Waals surface area contributed by atoms with Gasteiger partial charge in [0, 0.05) is 18.3 Å². The molecule has 2 N–H and O–H groups in total. The van der Waals surface area contributed by atoms with Gasteiger partial charge in [-0.2, -0.15) is 0 Å². The number of rotatable bonds is 8. The maximum Gasteiger partial charge on any atom is 0.242 e. The smallest absolute Gasteiger partial charge is 0.242 e. The maximum absolute atomic E-state index is 14.2. The van der Waals surface area contributed by atoms with E-state index in [0.717, 1.165) is 18.8 Å². The van der Waals surface area contributed by atoms with Crippen molar-refractivity contribution in [1.29, 1.82) is 0 Å². The van der Waals surface area contributed by atoms with E-state index in [9.17, 15) is 18.4 Å². The Morgan fingerprint density at radius 2 is 2.17 bits per heavy atom. The van der Waals surface area contributed by atoms with Crippen molar-refractivity contribution in [3.63, 3.8) is 0 Å². The Balaban J connectivity index is 1.67. The summed E-state index contributed by atoms with van der Waals surface area (Å²) in [6.07, 6.45) is 7.02. The molecule has 2 unspecified atom stereocenters. The van der Waals surface area contributed by atoms with Crippen LogP contribution in [0.5, 0.6) is 0 Å². The number of nitrogens with one attached hydrogen (secondary N) is 2. The molecule has 3 rings (SSSR count). The van der Waals surface area contributed by atoms with Crippen LogP contribution < -0.4 is 10.6 Å². The molecule has 1 heterocycles. The molecule has 1 aliphatic carbocycles. The van der Waals surface area contributed by atoms with E-state index in [1.54, 1.807) is 24.6 Å². The number of imidazole rings is 1. The monoisotopic (exact) mass is 418 g/mol. The van der Waals surface area contributed by atoms with Gasteiger partial charge >= 0.3 is 0 Å². The van der Waals surface area contributed by atoms with E-state index in [-0.39, 0.29) is 11.9 Å². The lowest BCUT2D eigenvalue weighted by atomic mass is 9.87. The minimum atomic E-state index is -0.754. The zero-order valence-corrected chi connectivity index (χ0v) is 17.5. The third-order valence-electron chi connectivity index (χ3n) is 5.58. The van der Waals surface area contributed by atoms with Crippen molar-refractivity contribution in [2.75, 3.05) is 5.32 Å². The van der Waals surface area contributed by atoms with E-state index in [1.165, 1.54) is 12.4 Å². The highest BCUT2D eigenvalue weighted by molar-refractivity contribution is 5.94. The first kappa shape index (κ1) is 22.1. The molecule has 0 fully saturated rings. The summed E-state index contributed by atoms with van der Waals surface area (Å²) in [5, 5.41) is 6.14. The van der Waals surface area contributed by atoms with E-state index in [4.69, 9.17) is 0 Å². The molecule has 0 radical (unpaired) electrons. The standard InChI is InChI=1S/C22H28F2N4O2/c1-4-5-19(21(30)27-20-11-28(13-25-20)22(2,3)12-29)26-16-7-6-14-8-15(23)9-18(24)17(14)10-16/h8-9,11-13,16,19,26H,4-7,10H2,1-3H3,(H,27,30). The molecule has 8 heteroatoms. The number of hydrogen-bond acceptors (Lipinski definition) is 4. The van der Waals surface area contributed by atoms with Gasteiger partial charge in [-0.25, -0.2) is 13.8 Å². The van der Waals surface area contributed by atoms with Crippen molar-refractivity contribution in [2.45, 2.75) is 70.5 Å². The molecule has 2 atom stereocenters. The molecule has 0 saturated heterocycles. The number of aryl methyl sites for hydroxylation is 1. The summed E-state index contributed by atoms with van der Waals surface area (Å²) in [7, 11) is 0. The number of fused-ring (bicyclic) bond motifs is 1. The van der Waals surface area contributed by atoms with Gasteiger partial charge in [-0.15, -0.1) is 0 Å². The van der Waals surface area contributed by atoms with Crippen molar-refractivity contribution in [3.8, 4) is 0 Å². The molecule has 1 aromatic heterocycles. The first-order chi connectivity index (χ1) is 14.2. The lowest BCUT2D eigenvalue weighted by Gasteiger charge is -2.29. The van der Waals surface area contributed by atoms with Gasteiger partial charge in [0.15, 0.2) is 5.82 Å². The first-order valence-electron chi connectivity index (χ1n) is 10.3. The molecular formula is C22H28F2N4O2. The van der Waals surface area contributed by atoms with Crippen LogP contribution in [0.2, 0.25) is 0 Å². The van der Waals surface area contributed by atoms with Crippen LogP contribution in [0.15, 0.2) is 24.7 Å². The van der Waals surface area contributed by atoms with E-state index in [2.05, 4.69) is 15.6 Å². The summed E-state index contributed by atoms with van der Waals surface area (Å²) in [5.74, 6) is -0.945. The maximum atomic E-state index is 14.2. The molecule has 162 valence electrons. The molecule has 6 nitrogen and oxygen atoms in total. The van der Waals surface area contributed by atoms with Crippen molar-refractivity contribution >= 4 is 18.0 Å². The van der Waals surface area contributed by atoms with Gasteiger partial charge in [0.1, 0.15) is 17.9 Å². The average Bonchev–Trinajstić information content (AvgIpc) is 3.17. The summed E-state index contributed by atoms with van der Waals surface area (Å²) < 4.78 is 29.3. The van der Waals surface area contributed by atoms with Gasteiger partial charge in [-0.05, 0) is 56.7 Å². The second-order valence-corrected chi connectivity index (χ2v) is 8.40. The van der Waals surface area contributed by atoms with Crippen molar-refractivity contribution < 1.29 is 18.4 Å². The number of aldehydes is 1. The summed E-state index contributed by atoms with van der Waals surface area (Å²) >= 11 is 0. The lowest BCUT2D eigenvalue weighted by Crippen LogP contribution is -2.48. The van der Waals surface area contributed by atoms with Gasteiger partial charge in [-0.1, -0.05) is 13.3 Å². The van der Waals surface area contributed by atoms with Crippen LogP contribution in [0.1, 0.15) is 51.2 Å². The summed E-state index contributed by atoms with van der Waals surface area (Å²) in [4.78, 5) is 28.2. The topological polar surface area (TPSA) is 76.0 Å². The largest absolute Gasteiger partial charge is 0.323 e. The zero-order chi connectivity index (χ0) is 21.9. The molecule has 30 heavy (non-hydrogen) atoms. The fourth-order valence-corrected chi connectivity index (χ4v) is 3.77. The van der Waals surface area contributed by atoms with E-state index in [0.29, 0.717) is 42.6 Å². The van der Waals surface area contributed by atoms with Crippen LogP contribution >= 0.6 is 0 Å². The average molecular weight is 418 g/mol. The fourth-order valence-electron chi connectivity index (χ4n) is 3.77. The molecular weight excluding hydrogens is 390 g/mol. The first-order valence-corrected chi connectivity index (χ1v) is 10.3. The second-order valence-electron chi connectivity index (χ2n) is 8.40. The number of nitrogens with zero attached hydrogens (tertiary/aromatic N) is 2. The molecule has 0 spiro atoms. The van der Waals surface area contributed by atoms with Crippen LogP contribution in [0, 0.1) is 11.6 Å². The van der Waals surface area contributed by atoms with Gasteiger partial charge in [0.25, 0.3) is 0 Å². The highest BCUT2D eigenvalue weighted by Gasteiger charge is 2.27. The summed E-state index contributed by atoms with van der Waals surface area (Å²) in [6.45, 7) is 5.49. The molecule has 0 aliphatic heterocycles. The number of hydrogen-bond donors (Lipinski definition) is 2. The quantitative estimate of drug-likeness (QED) is 0.645. The Morgan fingerprint density at radius 1 is 1.40 bits per heavy atom. The molecule has 1 aromatic carbocycles. The SMILES string of the molecule is CCCC(NC1CCc2cc(F)cc(F)c2C1)C(=O)Nc1cn(C(C)(C)C=O)cn1. The van der Waals surface area contributed by atoms with Gasteiger partial charge in [0.05, 0.1) is 17.9 Å². The Hall–Kier alpha value is -2.61. The van der Waals surface area contributed by atoms with Crippen LogP contribution in [0.25, 0.3) is 0 Å². The van der Waals surface area contributed by atoms with Gasteiger partial charge < -0.3 is 20.0 Å². The van der Waals surface area contributed by atoms with Crippen LogP contribution in [-0.4, -0.2) is 33.8 Å². The second kappa shape index (κ2) is 9.04. The normalized spacial score (nSPS) is 17.3.